The number of nitro groups is 1. The minimum Gasteiger partial charge on any atom is -0.488 e. The Bertz CT molecular complexity index is 1350. The first-order chi connectivity index (χ1) is 16.0. The molecule has 0 heterocycles. The molecule has 4 rings (SSSR count). The molecule has 4 aromatic carbocycles. The highest BCUT2D eigenvalue weighted by atomic mass is 79.9. The van der Waals surface area contributed by atoms with Crippen molar-refractivity contribution in [3.8, 4) is 5.75 Å². The zero-order chi connectivity index (χ0) is 23.2. The average Bonchev–Trinajstić information content (AvgIpc) is 2.83. The standard InChI is InChI=1S/C25H18BrN3O4/c26-23-14-18(10-13-24(23)33-16-17-8-11-20(12-9-17)29(31)32)15-27-28-25(30)22-7-3-5-19-4-1-2-6-21(19)22/h1-15H,16H2,(H,28,30)/b27-15-. The molecule has 0 aliphatic carbocycles. The number of rotatable bonds is 7. The lowest BCUT2D eigenvalue weighted by Crippen LogP contribution is -2.17. The molecule has 7 nitrogen and oxygen atoms in total. The van der Waals surface area contributed by atoms with Crippen molar-refractivity contribution in [1.29, 1.82) is 0 Å². The Balaban J connectivity index is 1.37. The highest BCUT2D eigenvalue weighted by molar-refractivity contribution is 9.10. The molecule has 0 unspecified atom stereocenters. The molecule has 164 valence electrons. The third kappa shape index (κ3) is 5.42. The van der Waals surface area contributed by atoms with Crippen molar-refractivity contribution in [1.82, 2.24) is 5.43 Å². The summed E-state index contributed by atoms with van der Waals surface area (Å²) in [5.74, 6) is 0.329. The molecule has 0 spiro atoms. The quantitative estimate of drug-likeness (QED) is 0.194. The van der Waals surface area contributed by atoms with Crippen LogP contribution < -0.4 is 10.2 Å². The molecular formula is C25H18BrN3O4. The molecule has 0 saturated carbocycles. The number of hydrogen-bond donors (Lipinski definition) is 1. The van der Waals surface area contributed by atoms with E-state index in [0.29, 0.717) is 15.8 Å². The monoisotopic (exact) mass is 503 g/mol. The first-order valence-corrected chi connectivity index (χ1v) is 10.8. The Hall–Kier alpha value is -4.04. The van der Waals surface area contributed by atoms with E-state index in [2.05, 4.69) is 26.5 Å². The van der Waals surface area contributed by atoms with Gasteiger partial charge in [-0.2, -0.15) is 5.10 Å². The number of benzene rings is 4. The fourth-order valence-corrected chi connectivity index (χ4v) is 3.75. The minimum absolute atomic E-state index is 0.0381. The van der Waals surface area contributed by atoms with Crippen molar-refractivity contribution in [2.24, 2.45) is 5.10 Å². The van der Waals surface area contributed by atoms with Crippen molar-refractivity contribution < 1.29 is 14.5 Å². The Labute approximate surface area is 198 Å². The van der Waals surface area contributed by atoms with Crippen LogP contribution in [0.1, 0.15) is 21.5 Å². The van der Waals surface area contributed by atoms with E-state index in [-0.39, 0.29) is 18.2 Å². The van der Waals surface area contributed by atoms with Crippen LogP contribution in [-0.2, 0) is 6.61 Å². The third-order valence-corrected chi connectivity index (χ3v) is 5.53. The molecule has 0 fully saturated rings. The maximum atomic E-state index is 12.6. The summed E-state index contributed by atoms with van der Waals surface area (Å²) in [5.41, 5.74) is 4.74. The highest BCUT2D eigenvalue weighted by Crippen LogP contribution is 2.26. The molecule has 1 amide bonds. The minimum atomic E-state index is -0.439. The summed E-state index contributed by atoms with van der Waals surface area (Å²) in [6, 6.07) is 24.9. The summed E-state index contributed by atoms with van der Waals surface area (Å²) in [7, 11) is 0. The number of ether oxygens (including phenoxy) is 1. The van der Waals surface area contributed by atoms with Gasteiger partial charge in [0.15, 0.2) is 0 Å². The number of amides is 1. The molecule has 0 radical (unpaired) electrons. The Morgan fingerprint density at radius 1 is 1.03 bits per heavy atom. The smallest absolute Gasteiger partial charge is 0.271 e. The molecule has 0 aromatic heterocycles. The Morgan fingerprint density at radius 3 is 2.55 bits per heavy atom. The fourth-order valence-electron chi connectivity index (χ4n) is 3.24. The van der Waals surface area contributed by atoms with Crippen LogP contribution in [-0.4, -0.2) is 17.0 Å². The largest absolute Gasteiger partial charge is 0.488 e. The van der Waals surface area contributed by atoms with Crippen LogP contribution in [0.3, 0.4) is 0 Å². The lowest BCUT2D eigenvalue weighted by Gasteiger charge is -2.09. The number of hydrogen-bond acceptors (Lipinski definition) is 5. The van der Waals surface area contributed by atoms with Crippen molar-refractivity contribution in [2.45, 2.75) is 6.61 Å². The van der Waals surface area contributed by atoms with Crippen molar-refractivity contribution in [3.05, 3.63) is 116 Å². The van der Waals surface area contributed by atoms with E-state index in [1.807, 2.05) is 48.5 Å². The van der Waals surface area contributed by atoms with Crippen LogP contribution in [0.5, 0.6) is 5.75 Å². The number of halogens is 1. The van der Waals surface area contributed by atoms with Gasteiger partial charge >= 0.3 is 0 Å². The van der Waals surface area contributed by atoms with E-state index in [1.54, 1.807) is 30.5 Å². The van der Waals surface area contributed by atoms with Crippen molar-refractivity contribution >= 4 is 44.5 Å². The molecule has 4 aromatic rings. The third-order valence-electron chi connectivity index (χ3n) is 4.91. The second kappa shape index (κ2) is 10.1. The molecule has 0 aliphatic rings. The van der Waals surface area contributed by atoms with Crippen LogP contribution in [0.25, 0.3) is 10.8 Å². The van der Waals surface area contributed by atoms with Crippen LogP contribution in [0.2, 0.25) is 0 Å². The summed E-state index contributed by atoms with van der Waals surface area (Å²) in [6.07, 6.45) is 1.55. The van der Waals surface area contributed by atoms with E-state index in [0.717, 1.165) is 21.9 Å². The van der Waals surface area contributed by atoms with Crippen LogP contribution >= 0.6 is 15.9 Å². The molecule has 0 bridgehead atoms. The van der Waals surface area contributed by atoms with Gasteiger partial charge in [0.2, 0.25) is 0 Å². The molecule has 0 saturated heterocycles. The maximum absolute atomic E-state index is 12.6. The predicted molar refractivity (Wildman–Crippen MR) is 131 cm³/mol. The molecule has 0 aliphatic heterocycles. The van der Waals surface area contributed by atoms with Gasteiger partial charge in [-0.25, -0.2) is 5.43 Å². The topological polar surface area (TPSA) is 93.8 Å². The lowest BCUT2D eigenvalue weighted by molar-refractivity contribution is -0.384. The number of nitrogens with zero attached hydrogens (tertiary/aromatic N) is 2. The highest BCUT2D eigenvalue weighted by Gasteiger charge is 2.09. The number of carbonyl (C=O) groups excluding carboxylic acids is 1. The van der Waals surface area contributed by atoms with E-state index < -0.39 is 4.92 Å². The molecule has 33 heavy (non-hydrogen) atoms. The zero-order valence-corrected chi connectivity index (χ0v) is 18.9. The second-order valence-corrected chi connectivity index (χ2v) is 7.98. The van der Waals surface area contributed by atoms with Gasteiger partial charge < -0.3 is 4.74 Å². The maximum Gasteiger partial charge on any atom is 0.271 e. The summed E-state index contributed by atoms with van der Waals surface area (Å²) in [5, 5.41) is 16.7. The second-order valence-electron chi connectivity index (χ2n) is 7.13. The normalized spacial score (nSPS) is 10.9. The van der Waals surface area contributed by atoms with E-state index >= 15 is 0 Å². The van der Waals surface area contributed by atoms with E-state index in [4.69, 9.17) is 4.74 Å². The van der Waals surface area contributed by atoms with Gasteiger partial charge in [-0.1, -0.05) is 36.4 Å². The fraction of sp³-hybridized carbons (Fsp3) is 0.0400. The van der Waals surface area contributed by atoms with Gasteiger partial charge in [-0.05, 0) is 74.2 Å². The first kappa shape index (κ1) is 22.2. The number of nitrogens with one attached hydrogen (secondary N) is 1. The lowest BCUT2D eigenvalue weighted by atomic mass is 10.0. The molecule has 8 heteroatoms. The van der Waals surface area contributed by atoms with Crippen LogP contribution in [0.15, 0.2) is 94.5 Å². The van der Waals surface area contributed by atoms with E-state index in [1.165, 1.54) is 12.1 Å². The van der Waals surface area contributed by atoms with Gasteiger partial charge in [0.25, 0.3) is 11.6 Å². The van der Waals surface area contributed by atoms with Gasteiger partial charge in [0.05, 0.1) is 15.6 Å². The Kier molecular flexibility index (Phi) is 6.75. The van der Waals surface area contributed by atoms with Gasteiger partial charge in [-0.15, -0.1) is 0 Å². The van der Waals surface area contributed by atoms with Gasteiger partial charge in [-0.3, -0.25) is 14.9 Å². The average molecular weight is 504 g/mol. The summed E-state index contributed by atoms with van der Waals surface area (Å²) >= 11 is 3.47. The Morgan fingerprint density at radius 2 is 1.79 bits per heavy atom. The van der Waals surface area contributed by atoms with Gasteiger partial charge in [0, 0.05) is 17.7 Å². The molecular weight excluding hydrogens is 486 g/mol. The number of nitro benzene ring substituents is 1. The van der Waals surface area contributed by atoms with Crippen molar-refractivity contribution in [2.75, 3.05) is 0 Å². The molecule has 0 atom stereocenters. The molecule has 1 N–H and O–H groups in total. The number of carbonyl (C=O) groups is 1. The number of fused-ring (bicyclic) bond motifs is 1. The van der Waals surface area contributed by atoms with Crippen LogP contribution in [0.4, 0.5) is 5.69 Å². The number of non-ortho nitro benzene ring substituents is 1. The van der Waals surface area contributed by atoms with Gasteiger partial charge in [0.1, 0.15) is 12.4 Å². The van der Waals surface area contributed by atoms with Crippen molar-refractivity contribution in [3.63, 3.8) is 0 Å². The summed E-state index contributed by atoms with van der Waals surface area (Å²) in [6.45, 7) is 0.269. The van der Waals surface area contributed by atoms with Crippen LogP contribution in [0, 0.1) is 10.1 Å². The zero-order valence-electron chi connectivity index (χ0n) is 17.3. The number of hydrazone groups is 1. The van der Waals surface area contributed by atoms with E-state index in [9.17, 15) is 14.9 Å². The summed E-state index contributed by atoms with van der Waals surface area (Å²) in [4.78, 5) is 22.9. The predicted octanol–water partition coefficient (Wildman–Crippen LogP) is 5.85. The SMILES string of the molecule is O=C(N/N=C\c1ccc(OCc2ccc([N+](=O)[O-])cc2)c(Br)c1)c1cccc2ccccc12. The first-order valence-electron chi connectivity index (χ1n) is 9.98. The summed E-state index contributed by atoms with van der Waals surface area (Å²) < 4.78 is 6.51.